The summed E-state index contributed by atoms with van der Waals surface area (Å²) < 4.78 is 32.7. The Kier molecular flexibility index (Phi) is 5.88. The van der Waals surface area contributed by atoms with Gasteiger partial charge in [-0.25, -0.2) is 4.98 Å². The van der Waals surface area contributed by atoms with Crippen LogP contribution >= 0.6 is 22.9 Å². The number of hydrogen-bond donors (Lipinski definition) is 1. The summed E-state index contributed by atoms with van der Waals surface area (Å²) in [7, 11) is -0.511. The fraction of sp³-hybridized carbons (Fsp3) is 0.316. The van der Waals surface area contributed by atoms with Crippen molar-refractivity contribution in [1.82, 2.24) is 18.8 Å². The van der Waals surface area contributed by atoms with E-state index in [1.807, 2.05) is 0 Å². The number of nitrogens with zero attached hydrogens (tertiary/aromatic N) is 4. The standard InChI is InChI=1S/C19H20ClN5O4S2/c1-11-16(17(23-29-11)12-6-4-5-7-13(12)20)18(26)22-19-21-14-8-9-25(10-15(14)30-19)31(27,28)24(2)3/h4-7H,8-10H2,1-3H3,(H,21,22,26). The third-order valence-electron chi connectivity index (χ3n) is 4.92. The SMILES string of the molecule is Cc1onc(-c2ccccc2Cl)c1C(=O)Nc1nc2c(s1)CN(S(=O)(=O)N(C)C)CC2. The molecule has 0 fully saturated rings. The van der Waals surface area contributed by atoms with Gasteiger partial charge in [0.25, 0.3) is 16.1 Å². The minimum absolute atomic E-state index is 0.223. The van der Waals surface area contributed by atoms with Crippen LogP contribution in [0, 0.1) is 6.92 Å². The lowest BCUT2D eigenvalue weighted by Crippen LogP contribution is -2.42. The van der Waals surface area contributed by atoms with Gasteiger partial charge in [0.2, 0.25) is 0 Å². The summed E-state index contributed by atoms with van der Waals surface area (Å²) in [6, 6.07) is 7.07. The number of rotatable bonds is 5. The molecule has 0 saturated carbocycles. The van der Waals surface area contributed by atoms with Crippen LogP contribution in [-0.4, -0.2) is 53.7 Å². The van der Waals surface area contributed by atoms with E-state index < -0.39 is 16.1 Å². The molecule has 3 heterocycles. The fourth-order valence-corrected chi connectivity index (χ4v) is 5.69. The van der Waals surface area contributed by atoms with Crippen molar-refractivity contribution < 1.29 is 17.7 Å². The van der Waals surface area contributed by atoms with Gasteiger partial charge in [-0.3, -0.25) is 10.1 Å². The van der Waals surface area contributed by atoms with Crippen LogP contribution in [0.3, 0.4) is 0 Å². The normalized spacial score (nSPS) is 14.6. The smallest absolute Gasteiger partial charge is 0.281 e. The fourth-order valence-electron chi connectivity index (χ4n) is 3.29. The van der Waals surface area contributed by atoms with Gasteiger partial charge in [-0.1, -0.05) is 35.0 Å². The molecule has 1 N–H and O–H groups in total. The Labute approximate surface area is 188 Å². The molecule has 1 aliphatic heterocycles. The van der Waals surface area contributed by atoms with E-state index in [0.29, 0.717) is 40.1 Å². The first-order chi connectivity index (χ1) is 14.7. The van der Waals surface area contributed by atoms with Gasteiger partial charge in [0, 0.05) is 37.5 Å². The van der Waals surface area contributed by atoms with Gasteiger partial charge in [0.05, 0.1) is 17.3 Å². The van der Waals surface area contributed by atoms with Crippen molar-refractivity contribution in [2.45, 2.75) is 19.9 Å². The van der Waals surface area contributed by atoms with Crippen molar-refractivity contribution in [2.75, 3.05) is 26.0 Å². The zero-order chi connectivity index (χ0) is 22.3. The molecule has 0 aliphatic carbocycles. The highest BCUT2D eigenvalue weighted by Gasteiger charge is 2.31. The van der Waals surface area contributed by atoms with Crippen LogP contribution in [0.5, 0.6) is 0 Å². The predicted octanol–water partition coefficient (Wildman–Crippen LogP) is 3.18. The average Bonchev–Trinajstić information content (AvgIpc) is 3.30. The van der Waals surface area contributed by atoms with Crippen LogP contribution in [0.1, 0.15) is 26.7 Å². The van der Waals surface area contributed by atoms with Gasteiger partial charge in [-0.2, -0.15) is 17.0 Å². The molecule has 1 amide bonds. The van der Waals surface area contributed by atoms with Crippen LogP contribution in [0.25, 0.3) is 11.3 Å². The Hall–Kier alpha value is -2.31. The van der Waals surface area contributed by atoms with E-state index in [9.17, 15) is 13.2 Å². The minimum atomic E-state index is -3.51. The molecule has 31 heavy (non-hydrogen) atoms. The second-order valence-electron chi connectivity index (χ2n) is 7.16. The number of nitrogens with one attached hydrogen (secondary N) is 1. The second kappa shape index (κ2) is 8.32. The van der Waals surface area contributed by atoms with Gasteiger partial charge in [-0.15, -0.1) is 11.3 Å². The number of benzene rings is 1. The molecule has 0 atom stereocenters. The first-order valence-corrected chi connectivity index (χ1v) is 12.0. The number of aryl methyl sites for hydroxylation is 1. The summed E-state index contributed by atoms with van der Waals surface area (Å²) in [5.41, 5.74) is 2.01. The Balaban J connectivity index is 1.58. The van der Waals surface area contributed by atoms with Crippen molar-refractivity contribution in [3.8, 4) is 11.3 Å². The van der Waals surface area contributed by atoms with Crippen molar-refractivity contribution in [2.24, 2.45) is 0 Å². The number of carbonyl (C=O) groups excluding carboxylic acids is 1. The van der Waals surface area contributed by atoms with E-state index in [1.54, 1.807) is 31.2 Å². The Bertz CT molecular complexity index is 1250. The number of halogens is 1. The lowest BCUT2D eigenvalue weighted by Gasteiger charge is -2.27. The topological polar surface area (TPSA) is 109 Å². The molecular weight excluding hydrogens is 462 g/mol. The number of hydrogen-bond acceptors (Lipinski definition) is 7. The minimum Gasteiger partial charge on any atom is -0.360 e. The summed E-state index contributed by atoms with van der Waals surface area (Å²) in [6.45, 7) is 2.21. The monoisotopic (exact) mass is 481 g/mol. The number of carbonyl (C=O) groups is 1. The van der Waals surface area contributed by atoms with Crippen molar-refractivity contribution in [3.63, 3.8) is 0 Å². The third-order valence-corrected chi connectivity index (χ3v) is 8.14. The maximum absolute atomic E-state index is 13.0. The molecular formula is C19H20ClN5O4S2. The van der Waals surface area contributed by atoms with Gasteiger partial charge in [0.1, 0.15) is 17.0 Å². The van der Waals surface area contributed by atoms with Gasteiger partial charge in [-0.05, 0) is 13.0 Å². The summed E-state index contributed by atoms with van der Waals surface area (Å²) in [4.78, 5) is 18.3. The number of amides is 1. The molecule has 3 aromatic rings. The lowest BCUT2D eigenvalue weighted by atomic mass is 10.1. The molecule has 0 spiro atoms. The number of fused-ring (bicyclic) bond motifs is 1. The molecule has 0 radical (unpaired) electrons. The first-order valence-electron chi connectivity index (χ1n) is 9.37. The predicted molar refractivity (Wildman–Crippen MR) is 118 cm³/mol. The highest BCUT2D eigenvalue weighted by Crippen LogP contribution is 2.33. The number of anilines is 1. The molecule has 2 aromatic heterocycles. The van der Waals surface area contributed by atoms with E-state index in [2.05, 4.69) is 15.5 Å². The van der Waals surface area contributed by atoms with Crippen LogP contribution in [0.15, 0.2) is 28.8 Å². The average molecular weight is 482 g/mol. The van der Waals surface area contributed by atoms with Crippen LogP contribution in [0.4, 0.5) is 5.13 Å². The summed E-state index contributed by atoms with van der Waals surface area (Å²) in [5.74, 6) is -0.0606. The van der Waals surface area contributed by atoms with Crippen molar-refractivity contribution in [1.29, 1.82) is 0 Å². The molecule has 12 heteroatoms. The highest BCUT2D eigenvalue weighted by atomic mass is 35.5. The second-order valence-corrected chi connectivity index (χ2v) is 10.8. The number of thiazole rings is 1. The largest absolute Gasteiger partial charge is 0.360 e. The Morgan fingerprint density at radius 2 is 2.06 bits per heavy atom. The quantitative estimate of drug-likeness (QED) is 0.599. The molecule has 9 nitrogen and oxygen atoms in total. The molecule has 0 unspecified atom stereocenters. The molecule has 1 aliphatic rings. The van der Waals surface area contributed by atoms with Gasteiger partial charge >= 0.3 is 0 Å². The van der Waals surface area contributed by atoms with Crippen LogP contribution in [0.2, 0.25) is 5.02 Å². The number of aromatic nitrogens is 2. The van der Waals surface area contributed by atoms with E-state index in [4.69, 9.17) is 16.1 Å². The summed E-state index contributed by atoms with van der Waals surface area (Å²) in [6.07, 6.45) is 0.478. The van der Waals surface area contributed by atoms with Crippen molar-refractivity contribution in [3.05, 3.63) is 51.2 Å². The zero-order valence-corrected chi connectivity index (χ0v) is 19.4. The summed E-state index contributed by atoms with van der Waals surface area (Å²) >= 11 is 7.52. The maximum Gasteiger partial charge on any atom is 0.281 e. The molecule has 164 valence electrons. The first kappa shape index (κ1) is 21.9. The Morgan fingerprint density at radius 1 is 1.32 bits per heavy atom. The molecule has 0 saturated heterocycles. The maximum atomic E-state index is 13.0. The molecule has 4 rings (SSSR count). The molecule has 0 bridgehead atoms. The van der Waals surface area contributed by atoms with Crippen LogP contribution < -0.4 is 5.32 Å². The van der Waals surface area contributed by atoms with Crippen LogP contribution in [-0.2, 0) is 23.2 Å². The van der Waals surface area contributed by atoms with Gasteiger partial charge < -0.3 is 4.52 Å². The van der Waals surface area contributed by atoms with E-state index >= 15 is 0 Å². The summed E-state index contributed by atoms with van der Waals surface area (Å²) in [5, 5.41) is 7.66. The Morgan fingerprint density at radius 3 is 2.77 bits per heavy atom. The lowest BCUT2D eigenvalue weighted by molar-refractivity contribution is 0.102. The van der Waals surface area contributed by atoms with E-state index in [-0.39, 0.29) is 12.1 Å². The van der Waals surface area contributed by atoms with Crippen molar-refractivity contribution >= 4 is 44.2 Å². The zero-order valence-electron chi connectivity index (χ0n) is 17.0. The van der Waals surface area contributed by atoms with E-state index in [0.717, 1.165) is 10.6 Å². The third kappa shape index (κ3) is 4.11. The van der Waals surface area contributed by atoms with Gasteiger partial charge in [0.15, 0.2) is 5.13 Å². The highest BCUT2D eigenvalue weighted by molar-refractivity contribution is 7.86. The van der Waals surface area contributed by atoms with E-state index in [1.165, 1.54) is 34.0 Å². The molecule has 1 aromatic carbocycles.